The maximum absolute atomic E-state index is 6.28. The normalized spacial score (nSPS) is 12.0. The minimum Gasteiger partial charge on any atom is -0.456 e. The molecule has 2 aromatic heterocycles. The molecule has 11 aromatic rings. The molecule has 0 atom stereocenters. The van der Waals surface area contributed by atoms with Crippen LogP contribution < -0.4 is 0 Å². The van der Waals surface area contributed by atoms with E-state index in [-0.39, 0.29) is 0 Å². The van der Waals surface area contributed by atoms with Gasteiger partial charge in [0.05, 0.1) is 11.0 Å². The third-order valence-corrected chi connectivity index (χ3v) is 10.4. The maximum atomic E-state index is 6.28. The Bertz CT molecular complexity index is 3080. The topological polar surface area (TPSA) is 31.0 Å². The lowest BCUT2D eigenvalue weighted by atomic mass is 9.87. The Hall–Kier alpha value is -6.71. The molecule has 0 amide bonds. The van der Waals surface area contributed by atoms with Crippen LogP contribution in [0.25, 0.3) is 105 Å². The molecule has 0 bridgehead atoms. The minimum atomic E-state index is 0.916. The van der Waals surface area contributed by atoms with Gasteiger partial charge in [-0.3, -0.25) is 4.57 Å². The molecule has 0 unspecified atom stereocenters. The molecule has 50 heavy (non-hydrogen) atoms. The smallest absolute Gasteiger partial charge is 0.145 e. The number of rotatable bonds is 4. The summed E-state index contributed by atoms with van der Waals surface area (Å²) in [5, 5.41) is 9.93. The van der Waals surface area contributed by atoms with Crippen molar-refractivity contribution in [3.05, 3.63) is 170 Å². The van der Waals surface area contributed by atoms with Gasteiger partial charge in [-0.2, -0.15) is 0 Å². The molecular formula is C47H28N2O. The van der Waals surface area contributed by atoms with Crippen molar-refractivity contribution in [1.82, 2.24) is 9.55 Å². The van der Waals surface area contributed by atoms with E-state index in [1.807, 2.05) is 24.3 Å². The zero-order chi connectivity index (χ0) is 32.8. The van der Waals surface area contributed by atoms with Crippen molar-refractivity contribution in [2.75, 3.05) is 0 Å². The second-order valence-corrected chi connectivity index (χ2v) is 13.1. The molecule has 11 rings (SSSR count). The molecule has 0 aliphatic heterocycles. The summed E-state index contributed by atoms with van der Waals surface area (Å²) in [4.78, 5) is 5.04. The van der Waals surface area contributed by atoms with E-state index in [0.717, 1.165) is 55.6 Å². The SMILES string of the molecule is c1ccc(-c2nc3ccccc3n2-c2ccc(-c3ccc4ccc5c(-c6ccc7c(c6)oc6ccccc67)ccc6ccc3c4c65)cc2)cc1. The summed E-state index contributed by atoms with van der Waals surface area (Å²) in [5.41, 5.74) is 10.9. The Kier molecular flexibility index (Phi) is 5.67. The van der Waals surface area contributed by atoms with Gasteiger partial charge >= 0.3 is 0 Å². The molecule has 0 radical (unpaired) electrons. The summed E-state index contributed by atoms with van der Waals surface area (Å²) in [6.07, 6.45) is 0. The van der Waals surface area contributed by atoms with Crippen LogP contribution in [-0.2, 0) is 0 Å². The number of hydrogen-bond donors (Lipinski definition) is 0. The quantitative estimate of drug-likeness (QED) is 0.180. The van der Waals surface area contributed by atoms with E-state index in [1.54, 1.807) is 0 Å². The third kappa shape index (κ3) is 3.95. The van der Waals surface area contributed by atoms with E-state index in [0.29, 0.717) is 0 Å². The first-order chi connectivity index (χ1) is 24.8. The van der Waals surface area contributed by atoms with Gasteiger partial charge in [0, 0.05) is 22.0 Å². The second-order valence-electron chi connectivity index (χ2n) is 13.1. The Labute approximate surface area is 287 Å². The molecule has 2 heterocycles. The first-order valence-corrected chi connectivity index (χ1v) is 17.0. The Morgan fingerprint density at radius 3 is 1.80 bits per heavy atom. The van der Waals surface area contributed by atoms with Gasteiger partial charge in [-0.15, -0.1) is 0 Å². The van der Waals surface area contributed by atoms with E-state index in [9.17, 15) is 0 Å². The number of imidazole rings is 1. The van der Waals surface area contributed by atoms with Crippen LogP contribution in [0.15, 0.2) is 174 Å². The molecule has 0 fully saturated rings. The Balaban J connectivity index is 1.06. The summed E-state index contributed by atoms with van der Waals surface area (Å²) in [6, 6.07) is 60.8. The van der Waals surface area contributed by atoms with Crippen LogP contribution in [0.3, 0.4) is 0 Å². The number of benzene rings is 9. The van der Waals surface area contributed by atoms with Crippen molar-refractivity contribution in [3.8, 4) is 39.3 Å². The molecule has 0 saturated heterocycles. The molecule has 232 valence electrons. The number of furan rings is 1. The lowest BCUT2D eigenvalue weighted by molar-refractivity contribution is 0.669. The van der Waals surface area contributed by atoms with Crippen LogP contribution >= 0.6 is 0 Å². The van der Waals surface area contributed by atoms with Gasteiger partial charge in [-0.25, -0.2) is 4.98 Å². The van der Waals surface area contributed by atoms with Crippen LogP contribution in [0.4, 0.5) is 0 Å². The lowest BCUT2D eigenvalue weighted by Crippen LogP contribution is -1.97. The molecule has 3 nitrogen and oxygen atoms in total. The van der Waals surface area contributed by atoms with Crippen LogP contribution in [-0.4, -0.2) is 9.55 Å². The fourth-order valence-corrected chi connectivity index (χ4v) is 8.06. The van der Waals surface area contributed by atoms with Crippen LogP contribution in [0.5, 0.6) is 0 Å². The molecular weight excluding hydrogens is 609 g/mol. The molecule has 0 spiro atoms. The van der Waals surface area contributed by atoms with E-state index < -0.39 is 0 Å². The highest BCUT2D eigenvalue weighted by atomic mass is 16.3. The van der Waals surface area contributed by atoms with E-state index in [4.69, 9.17) is 9.40 Å². The molecule has 0 aliphatic rings. The van der Waals surface area contributed by atoms with E-state index >= 15 is 0 Å². The highest BCUT2D eigenvalue weighted by Gasteiger charge is 2.17. The fourth-order valence-electron chi connectivity index (χ4n) is 8.06. The van der Waals surface area contributed by atoms with Gasteiger partial charge in [0.25, 0.3) is 0 Å². The molecule has 0 N–H and O–H groups in total. The van der Waals surface area contributed by atoms with Crippen LogP contribution in [0.1, 0.15) is 0 Å². The summed E-state index contributed by atoms with van der Waals surface area (Å²) in [5.74, 6) is 0.942. The third-order valence-electron chi connectivity index (χ3n) is 10.4. The lowest BCUT2D eigenvalue weighted by Gasteiger charge is -2.17. The van der Waals surface area contributed by atoms with E-state index in [1.165, 1.54) is 49.0 Å². The van der Waals surface area contributed by atoms with Gasteiger partial charge in [0.2, 0.25) is 0 Å². The zero-order valence-corrected chi connectivity index (χ0v) is 27.0. The largest absolute Gasteiger partial charge is 0.456 e. The molecule has 0 saturated carbocycles. The summed E-state index contributed by atoms with van der Waals surface area (Å²) < 4.78 is 8.55. The highest BCUT2D eigenvalue weighted by molar-refractivity contribution is 6.27. The van der Waals surface area contributed by atoms with Crippen molar-refractivity contribution in [2.24, 2.45) is 0 Å². The van der Waals surface area contributed by atoms with Gasteiger partial charge in [0.15, 0.2) is 0 Å². The van der Waals surface area contributed by atoms with Crippen LogP contribution in [0, 0.1) is 0 Å². The Morgan fingerprint density at radius 1 is 0.420 bits per heavy atom. The van der Waals surface area contributed by atoms with Crippen LogP contribution in [0.2, 0.25) is 0 Å². The van der Waals surface area contributed by atoms with Gasteiger partial charge < -0.3 is 4.42 Å². The van der Waals surface area contributed by atoms with Crippen molar-refractivity contribution >= 4 is 65.3 Å². The first-order valence-electron chi connectivity index (χ1n) is 17.0. The summed E-state index contributed by atoms with van der Waals surface area (Å²) in [6.45, 7) is 0. The first kappa shape index (κ1) is 27.3. The average molecular weight is 637 g/mol. The monoisotopic (exact) mass is 636 g/mol. The number of fused-ring (bicyclic) bond motifs is 4. The zero-order valence-electron chi connectivity index (χ0n) is 27.0. The standard InChI is InChI=1S/C47H28N2O/c1-2-8-32(9-3-1)47-48-41-11-5-6-12-42(41)49(47)34-21-14-29(15-22-34)35-23-16-30-19-27-40-36(24-17-31-18-26-39(35)45(30)46(31)40)33-20-25-38-37-10-4-7-13-43(37)50-44(38)28-33/h1-28H. The minimum absolute atomic E-state index is 0.916. The van der Waals surface area contributed by atoms with Crippen molar-refractivity contribution in [3.63, 3.8) is 0 Å². The average Bonchev–Trinajstić information content (AvgIpc) is 3.76. The molecule has 9 aromatic carbocycles. The van der Waals surface area contributed by atoms with Gasteiger partial charge in [-0.05, 0) is 97.0 Å². The summed E-state index contributed by atoms with van der Waals surface area (Å²) in [7, 11) is 0. The molecule has 0 aliphatic carbocycles. The number of para-hydroxylation sites is 3. The fraction of sp³-hybridized carbons (Fsp3) is 0. The number of nitrogens with zero attached hydrogens (tertiary/aromatic N) is 2. The predicted molar refractivity (Wildman–Crippen MR) is 208 cm³/mol. The Morgan fingerprint density at radius 2 is 1.02 bits per heavy atom. The highest BCUT2D eigenvalue weighted by Crippen LogP contribution is 2.43. The number of hydrogen-bond acceptors (Lipinski definition) is 2. The predicted octanol–water partition coefficient (Wildman–Crippen LogP) is 12.8. The number of aromatic nitrogens is 2. The van der Waals surface area contributed by atoms with E-state index in [2.05, 4.69) is 150 Å². The molecule has 3 heteroatoms. The summed E-state index contributed by atoms with van der Waals surface area (Å²) >= 11 is 0. The maximum Gasteiger partial charge on any atom is 0.145 e. The second kappa shape index (κ2) is 10.4. The van der Waals surface area contributed by atoms with Gasteiger partial charge in [-0.1, -0.05) is 127 Å². The van der Waals surface area contributed by atoms with Gasteiger partial charge in [0.1, 0.15) is 17.0 Å². The van der Waals surface area contributed by atoms with Crippen molar-refractivity contribution < 1.29 is 4.42 Å². The van der Waals surface area contributed by atoms with Crippen molar-refractivity contribution in [1.29, 1.82) is 0 Å². The van der Waals surface area contributed by atoms with Crippen molar-refractivity contribution in [2.45, 2.75) is 0 Å².